The van der Waals surface area contributed by atoms with Crippen LogP contribution in [0.3, 0.4) is 0 Å². The molecule has 0 aliphatic rings. The number of halogens is 3. The van der Waals surface area contributed by atoms with Crippen molar-refractivity contribution in [1.29, 1.82) is 0 Å². The summed E-state index contributed by atoms with van der Waals surface area (Å²) in [5.41, 5.74) is -1.21. The van der Waals surface area contributed by atoms with Crippen molar-refractivity contribution in [3.63, 3.8) is 0 Å². The van der Waals surface area contributed by atoms with Crippen molar-refractivity contribution in [2.75, 3.05) is 7.11 Å². The lowest BCUT2D eigenvalue weighted by Crippen LogP contribution is -2.22. The van der Waals surface area contributed by atoms with Crippen LogP contribution in [0.5, 0.6) is 5.75 Å². The predicted octanol–water partition coefficient (Wildman–Crippen LogP) is 3.43. The highest BCUT2D eigenvalue weighted by Gasteiger charge is 2.38. The van der Waals surface area contributed by atoms with Gasteiger partial charge in [-0.2, -0.15) is 13.2 Å². The molecular formula is C13H12F3NO2S. The first-order valence-electron chi connectivity index (χ1n) is 5.66. The zero-order valence-corrected chi connectivity index (χ0v) is 11.5. The minimum Gasteiger partial charge on any atom is -0.496 e. The molecule has 0 saturated heterocycles. The molecule has 3 nitrogen and oxygen atoms in total. The number of nitrogens with zero attached hydrogens (tertiary/aromatic N) is 1. The maximum atomic E-state index is 12.6. The highest BCUT2D eigenvalue weighted by molar-refractivity contribution is 7.11. The molecule has 0 radical (unpaired) electrons. The first kappa shape index (κ1) is 14.8. The molecule has 20 heavy (non-hydrogen) atoms. The molecule has 0 bridgehead atoms. The molecule has 0 saturated carbocycles. The number of aromatic nitrogens is 1. The van der Waals surface area contributed by atoms with E-state index in [1.54, 1.807) is 24.3 Å². The van der Waals surface area contributed by atoms with Crippen molar-refractivity contribution in [1.82, 2.24) is 4.98 Å². The lowest BCUT2D eigenvalue weighted by atomic mass is 9.94. The molecule has 1 heterocycles. The standard InChI is InChI=1S/C13H12F3NO2S/c1-12(18,8-5-3-4-6-9(8)19-2)10-7-17-11(20-10)13(14,15)16/h3-7,18H,1-2H3. The smallest absolute Gasteiger partial charge is 0.443 e. The molecule has 0 fully saturated rings. The highest BCUT2D eigenvalue weighted by atomic mass is 32.1. The van der Waals surface area contributed by atoms with Crippen LogP contribution in [0.4, 0.5) is 13.2 Å². The zero-order chi connectivity index (χ0) is 15.0. The number of alkyl halides is 3. The Balaban J connectivity index is 2.47. The molecule has 1 aromatic heterocycles. The van der Waals surface area contributed by atoms with Gasteiger partial charge in [-0.05, 0) is 13.0 Å². The normalized spacial score (nSPS) is 14.9. The van der Waals surface area contributed by atoms with E-state index in [0.29, 0.717) is 22.6 Å². The molecule has 108 valence electrons. The van der Waals surface area contributed by atoms with Crippen molar-refractivity contribution in [2.24, 2.45) is 0 Å². The van der Waals surface area contributed by atoms with Crippen LogP contribution in [-0.2, 0) is 11.8 Å². The lowest BCUT2D eigenvalue weighted by molar-refractivity contribution is -0.137. The second-order valence-corrected chi connectivity index (χ2v) is 5.33. The summed E-state index contributed by atoms with van der Waals surface area (Å²) in [6.45, 7) is 1.42. The molecule has 0 aliphatic heterocycles. The van der Waals surface area contributed by atoms with Crippen molar-refractivity contribution in [3.05, 3.63) is 45.9 Å². The minimum atomic E-state index is -4.51. The van der Waals surface area contributed by atoms with Crippen LogP contribution >= 0.6 is 11.3 Å². The summed E-state index contributed by atoms with van der Waals surface area (Å²) in [6.07, 6.45) is -3.47. The average Bonchev–Trinajstić information content (AvgIpc) is 2.88. The van der Waals surface area contributed by atoms with E-state index < -0.39 is 16.8 Å². The van der Waals surface area contributed by atoms with Crippen LogP contribution in [0.15, 0.2) is 30.5 Å². The molecule has 0 aliphatic carbocycles. The van der Waals surface area contributed by atoms with Crippen LogP contribution in [0, 0.1) is 0 Å². The van der Waals surface area contributed by atoms with Gasteiger partial charge in [0.15, 0.2) is 5.01 Å². The fourth-order valence-corrected chi connectivity index (χ4v) is 2.65. The number of hydrogen-bond acceptors (Lipinski definition) is 4. The van der Waals surface area contributed by atoms with Gasteiger partial charge in [0.1, 0.15) is 11.4 Å². The van der Waals surface area contributed by atoms with E-state index in [4.69, 9.17) is 4.74 Å². The van der Waals surface area contributed by atoms with Gasteiger partial charge in [-0.1, -0.05) is 18.2 Å². The van der Waals surface area contributed by atoms with Gasteiger partial charge in [-0.25, -0.2) is 4.98 Å². The Morgan fingerprint density at radius 1 is 1.25 bits per heavy atom. The van der Waals surface area contributed by atoms with E-state index in [1.165, 1.54) is 14.0 Å². The van der Waals surface area contributed by atoms with Crippen molar-refractivity contribution in [2.45, 2.75) is 18.7 Å². The van der Waals surface area contributed by atoms with Gasteiger partial charge in [0.2, 0.25) is 0 Å². The van der Waals surface area contributed by atoms with E-state index >= 15 is 0 Å². The van der Waals surface area contributed by atoms with Gasteiger partial charge in [0, 0.05) is 11.8 Å². The van der Waals surface area contributed by atoms with Gasteiger partial charge in [-0.15, -0.1) is 11.3 Å². The lowest BCUT2D eigenvalue weighted by Gasteiger charge is -2.24. The molecule has 7 heteroatoms. The van der Waals surface area contributed by atoms with Gasteiger partial charge in [-0.3, -0.25) is 0 Å². The van der Waals surface area contributed by atoms with Gasteiger partial charge in [0.25, 0.3) is 0 Å². The second-order valence-electron chi connectivity index (χ2n) is 4.30. The Labute approximate surface area is 117 Å². The van der Waals surface area contributed by atoms with Gasteiger partial charge in [0.05, 0.1) is 12.0 Å². The van der Waals surface area contributed by atoms with Crippen molar-refractivity contribution >= 4 is 11.3 Å². The molecule has 1 aromatic carbocycles. The SMILES string of the molecule is COc1ccccc1C(C)(O)c1cnc(C(F)(F)F)s1. The molecule has 1 atom stereocenters. The average molecular weight is 303 g/mol. The summed E-state index contributed by atoms with van der Waals surface area (Å²) >= 11 is 0.419. The quantitative estimate of drug-likeness (QED) is 0.944. The fourth-order valence-electron chi connectivity index (χ4n) is 1.81. The topological polar surface area (TPSA) is 42.4 Å². The van der Waals surface area contributed by atoms with Crippen molar-refractivity contribution in [3.8, 4) is 5.75 Å². The number of thiazole rings is 1. The van der Waals surface area contributed by atoms with Crippen LogP contribution in [0.2, 0.25) is 0 Å². The van der Waals surface area contributed by atoms with E-state index in [-0.39, 0.29) is 4.88 Å². The Morgan fingerprint density at radius 2 is 1.90 bits per heavy atom. The number of ether oxygens (including phenoxy) is 1. The van der Waals surface area contributed by atoms with Crippen LogP contribution in [-0.4, -0.2) is 17.2 Å². The van der Waals surface area contributed by atoms with E-state index in [1.807, 2.05) is 0 Å². The summed E-state index contributed by atoms with van der Waals surface area (Å²) in [5.74, 6) is 0.402. The summed E-state index contributed by atoms with van der Waals surface area (Å²) in [4.78, 5) is 3.43. The van der Waals surface area contributed by atoms with Crippen LogP contribution < -0.4 is 4.74 Å². The Hall–Kier alpha value is -1.60. The first-order chi connectivity index (χ1) is 9.26. The number of rotatable bonds is 3. The third-order valence-corrected chi connectivity index (χ3v) is 4.11. The fraction of sp³-hybridized carbons (Fsp3) is 0.308. The molecule has 0 amide bonds. The molecular weight excluding hydrogens is 291 g/mol. The van der Waals surface area contributed by atoms with E-state index in [2.05, 4.69) is 4.98 Å². The van der Waals surface area contributed by atoms with Crippen LogP contribution in [0.1, 0.15) is 22.4 Å². The summed E-state index contributed by atoms with van der Waals surface area (Å²) in [6, 6.07) is 6.63. The number of aliphatic hydroxyl groups is 1. The first-order valence-corrected chi connectivity index (χ1v) is 6.48. The molecule has 2 rings (SSSR count). The maximum absolute atomic E-state index is 12.6. The third-order valence-electron chi connectivity index (χ3n) is 2.86. The largest absolute Gasteiger partial charge is 0.496 e. The van der Waals surface area contributed by atoms with E-state index in [9.17, 15) is 18.3 Å². The van der Waals surface area contributed by atoms with Crippen molar-refractivity contribution < 1.29 is 23.0 Å². The van der Waals surface area contributed by atoms with Gasteiger partial charge < -0.3 is 9.84 Å². The molecule has 2 aromatic rings. The number of para-hydroxylation sites is 1. The van der Waals surface area contributed by atoms with Gasteiger partial charge >= 0.3 is 6.18 Å². The second kappa shape index (κ2) is 5.06. The number of benzene rings is 1. The Bertz CT molecular complexity index is 608. The monoisotopic (exact) mass is 303 g/mol. The Morgan fingerprint density at radius 3 is 2.45 bits per heavy atom. The summed E-state index contributed by atoms with van der Waals surface area (Å²) < 4.78 is 42.9. The summed E-state index contributed by atoms with van der Waals surface area (Å²) in [7, 11) is 1.43. The zero-order valence-electron chi connectivity index (χ0n) is 10.7. The molecule has 1 unspecified atom stereocenters. The number of methoxy groups -OCH3 is 1. The van der Waals surface area contributed by atoms with E-state index in [0.717, 1.165) is 6.20 Å². The third kappa shape index (κ3) is 2.64. The molecule has 0 spiro atoms. The Kier molecular flexibility index (Phi) is 3.75. The maximum Gasteiger partial charge on any atom is 0.443 e. The number of hydrogen-bond donors (Lipinski definition) is 1. The summed E-state index contributed by atoms with van der Waals surface area (Å²) in [5, 5.41) is 9.59. The van der Waals surface area contributed by atoms with Crippen LogP contribution in [0.25, 0.3) is 0 Å². The molecule has 1 N–H and O–H groups in total. The minimum absolute atomic E-state index is 0.106. The highest BCUT2D eigenvalue weighted by Crippen LogP contribution is 2.41. The predicted molar refractivity (Wildman–Crippen MR) is 68.8 cm³/mol.